The van der Waals surface area contributed by atoms with E-state index in [0.29, 0.717) is 0 Å². The molecule has 0 aliphatic rings. The summed E-state index contributed by atoms with van der Waals surface area (Å²) >= 11 is 1.87. The predicted molar refractivity (Wildman–Crippen MR) is 243 cm³/mol. The van der Waals surface area contributed by atoms with Gasteiger partial charge in [0.25, 0.3) is 0 Å². The largest absolute Gasteiger partial charge is 0.456 e. The van der Waals surface area contributed by atoms with Gasteiger partial charge >= 0.3 is 0 Å². The van der Waals surface area contributed by atoms with Crippen molar-refractivity contribution in [3.8, 4) is 44.5 Å². The number of para-hydroxylation sites is 2. The quantitative estimate of drug-likeness (QED) is 0.162. The fraction of sp³-hybridized carbons (Fsp3) is 0. The maximum Gasteiger partial charge on any atom is 0.137 e. The van der Waals surface area contributed by atoms with E-state index in [-0.39, 0.29) is 0 Å². The van der Waals surface area contributed by atoms with Gasteiger partial charge in [0.15, 0.2) is 0 Å². The van der Waals surface area contributed by atoms with Crippen LogP contribution in [0.1, 0.15) is 0 Å². The van der Waals surface area contributed by atoms with Crippen molar-refractivity contribution in [3.05, 3.63) is 212 Å². The number of thiophene rings is 1. The zero-order valence-electron chi connectivity index (χ0n) is 31.0. The summed E-state index contributed by atoms with van der Waals surface area (Å²) in [6, 6.07) is 76.4. The van der Waals surface area contributed by atoms with Gasteiger partial charge in [-0.3, -0.25) is 0 Å². The lowest BCUT2D eigenvalue weighted by atomic mass is 9.88. The molecule has 0 unspecified atom stereocenters. The highest BCUT2D eigenvalue weighted by atomic mass is 32.1. The van der Waals surface area contributed by atoms with E-state index < -0.39 is 0 Å². The van der Waals surface area contributed by atoms with Gasteiger partial charge in [-0.15, -0.1) is 11.3 Å². The Morgan fingerprint density at radius 1 is 0.333 bits per heavy atom. The van der Waals surface area contributed by atoms with Crippen LogP contribution in [0.4, 0.5) is 17.1 Å². The van der Waals surface area contributed by atoms with Gasteiger partial charge in [-0.25, -0.2) is 0 Å². The fourth-order valence-electron chi connectivity index (χ4n) is 8.50. The molecule has 3 heteroatoms. The van der Waals surface area contributed by atoms with Gasteiger partial charge in [0.05, 0.1) is 5.69 Å². The molecule has 11 aromatic rings. The zero-order valence-corrected chi connectivity index (χ0v) is 31.8. The lowest BCUT2D eigenvalue weighted by Crippen LogP contribution is -2.11. The molecule has 0 N–H and O–H groups in total. The van der Waals surface area contributed by atoms with Crippen molar-refractivity contribution in [1.29, 1.82) is 0 Å². The van der Waals surface area contributed by atoms with Crippen molar-refractivity contribution in [3.63, 3.8) is 0 Å². The van der Waals surface area contributed by atoms with E-state index in [2.05, 4.69) is 205 Å². The summed E-state index contributed by atoms with van der Waals surface area (Å²) in [6.07, 6.45) is 0. The smallest absolute Gasteiger partial charge is 0.137 e. The first kappa shape index (κ1) is 33.2. The molecule has 9 aromatic carbocycles. The molecule has 0 bridgehead atoms. The van der Waals surface area contributed by atoms with Crippen LogP contribution in [0.5, 0.6) is 0 Å². The molecule has 0 aliphatic carbocycles. The number of nitrogens with zero attached hydrogens (tertiary/aromatic N) is 1. The molecular weight excluding hydrogens is 711 g/mol. The van der Waals surface area contributed by atoms with Crippen LogP contribution in [0.2, 0.25) is 0 Å². The van der Waals surface area contributed by atoms with Crippen molar-refractivity contribution in [2.45, 2.75) is 0 Å². The second kappa shape index (κ2) is 13.8. The van der Waals surface area contributed by atoms with E-state index in [9.17, 15) is 0 Å². The lowest BCUT2D eigenvalue weighted by Gasteiger charge is -2.29. The summed E-state index contributed by atoms with van der Waals surface area (Å²) in [5.74, 6) is 0. The molecule has 2 nitrogen and oxygen atoms in total. The average Bonchev–Trinajstić information content (AvgIpc) is 3.85. The monoisotopic (exact) mass is 745 g/mol. The number of hydrogen-bond acceptors (Lipinski definition) is 3. The highest BCUT2D eigenvalue weighted by Crippen LogP contribution is 2.47. The van der Waals surface area contributed by atoms with Crippen LogP contribution in [-0.4, -0.2) is 0 Å². The standard InChI is InChI=1S/C54H35NOS/c1-2-16-36(17-3-1)40-20-4-5-21-42(40)43-22-6-7-23-44(43)45-24-8-11-29-50(45)55(39-32-33-47-46-25-9-12-30-51(46)56-52(47)35-39)38-19-14-18-37(34-38)41-27-15-28-49-48-26-10-13-31-53(48)57-54(41)49/h1-35H. The van der Waals surface area contributed by atoms with E-state index in [4.69, 9.17) is 4.42 Å². The van der Waals surface area contributed by atoms with Crippen LogP contribution < -0.4 is 4.90 Å². The summed E-state index contributed by atoms with van der Waals surface area (Å²) < 4.78 is 9.11. The number of benzene rings is 9. The number of fused-ring (bicyclic) bond motifs is 6. The molecule has 57 heavy (non-hydrogen) atoms. The predicted octanol–water partition coefficient (Wildman–Crippen LogP) is 16.1. The van der Waals surface area contributed by atoms with E-state index >= 15 is 0 Å². The lowest BCUT2D eigenvalue weighted by molar-refractivity contribution is 0.669. The molecular formula is C54H35NOS. The van der Waals surface area contributed by atoms with Gasteiger partial charge in [0.1, 0.15) is 11.2 Å². The minimum atomic E-state index is 0.861. The van der Waals surface area contributed by atoms with E-state index in [1.807, 2.05) is 23.5 Å². The highest BCUT2D eigenvalue weighted by Gasteiger charge is 2.22. The first-order valence-electron chi connectivity index (χ1n) is 19.3. The Kier molecular flexibility index (Phi) is 8.04. The minimum absolute atomic E-state index is 0.861. The third-order valence-electron chi connectivity index (χ3n) is 11.1. The van der Waals surface area contributed by atoms with Crippen LogP contribution in [0.25, 0.3) is 86.6 Å². The topological polar surface area (TPSA) is 16.4 Å². The Bertz CT molecular complexity index is 3260. The van der Waals surface area contributed by atoms with Crippen LogP contribution in [0, 0.1) is 0 Å². The van der Waals surface area contributed by atoms with Gasteiger partial charge in [0, 0.05) is 53.9 Å². The number of furan rings is 1. The minimum Gasteiger partial charge on any atom is -0.456 e. The first-order valence-corrected chi connectivity index (χ1v) is 20.2. The molecule has 11 rings (SSSR count). The molecule has 0 saturated carbocycles. The van der Waals surface area contributed by atoms with Crippen molar-refractivity contribution >= 4 is 70.5 Å². The maximum absolute atomic E-state index is 6.51. The van der Waals surface area contributed by atoms with Crippen LogP contribution in [-0.2, 0) is 0 Å². The van der Waals surface area contributed by atoms with Crippen LogP contribution >= 0.6 is 11.3 Å². The Morgan fingerprint density at radius 3 is 1.74 bits per heavy atom. The Balaban J connectivity index is 1.13. The van der Waals surface area contributed by atoms with Gasteiger partial charge in [-0.1, -0.05) is 164 Å². The third kappa shape index (κ3) is 5.71. The molecule has 0 atom stereocenters. The molecule has 0 radical (unpaired) electrons. The van der Waals surface area contributed by atoms with E-state index in [1.54, 1.807) is 0 Å². The van der Waals surface area contributed by atoms with Crippen molar-refractivity contribution in [1.82, 2.24) is 0 Å². The number of hydrogen-bond donors (Lipinski definition) is 0. The number of anilines is 3. The maximum atomic E-state index is 6.51. The van der Waals surface area contributed by atoms with Crippen molar-refractivity contribution in [2.24, 2.45) is 0 Å². The van der Waals surface area contributed by atoms with E-state index in [1.165, 1.54) is 53.6 Å². The summed E-state index contributed by atoms with van der Waals surface area (Å²) in [6.45, 7) is 0. The first-order chi connectivity index (χ1) is 28.3. The molecule has 0 fully saturated rings. The summed E-state index contributed by atoms with van der Waals surface area (Å²) in [5.41, 5.74) is 14.4. The molecule has 0 aliphatic heterocycles. The normalized spacial score (nSPS) is 11.5. The van der Waals surface area contributed by atoms with E-state index in [0.717, 1.165) is 50.1 Å². The van der Waals surface area contributed by atoms with Gasteiger partial charge in [-0.2, -0.15) is 0 Å². The van der Waals surface area contributed by atoms with Crippen LogP contribution in [0.3, 0.4) is 0 Å². The summed E-state index contributed by atoms with van der Waals surface area (Å²) in [4.78, 5) is 2.40. The van der Waals surface area contributed by atoms with Gasteiger partial charge in [0.2, 0.25) is 0 Å². The highest BCUT2D eigenvalue weighted by molar-refractivity contribution is 7.26. The third-order valence-corrected chi connectivity index (χ3v) is 12.3. The fourth-order valence-corrected chi connectivity index (χ4v) is 9.74. The van der Waals surface area contributed by atoms with Gasteiger partial charge in [-0.05, 0) is 81.4 Å². The SMILES string of the molecule is c1ccc(-c2ccccc2-c2ccccc2-c2ccccc2N(c2cccc(-c3cccc4c3sc3ccccc34)c2)c2ccc3c(c2)oc2ccccc23)cc1. The molecule has 2 heterocycles. The van der Waals surface area contributed by atoms with Crippen molar-refractivity contribution < 1.29 is 4.42 Å². The molecule has 0 spiro atoms. The summed E-state index contributed by atoms with van der Waals surface area (Å²) in [5, 5.41) is 4.83. The molecule has 2 aromatic heterocycles. The van der Waals surface area contributed by atoms with Crippen LogP contribution in [0.15, 0.2) is 217 Å². The second-order valence-electron chi connectivity index (χ2n) is 14.4. The van der Waals surface area contributed by atoms with Crippen molar-refractivity contribution in [2.75, 3.05) is 4.90 Å². The Morgan fingerprint density at radius 2 is 0.895 bits per heavy atom. The molecule has 0 saturated heterocycles. The molecule has 0 amide bonds. The number of rotatable bonds is 7. The van der Waals surface area contributed by atoms with Gasteiger partial charge < -0.3 is 9.32 Å². The second-order valence-corrected chi connectivity index (χ2v) is 15.5. The molecule has 268 valence electrons. The average molecular weight is 746 g/mol. The Labute approximate surface area is 335 Å². The Hall–Kier alpha value is -7.20. The summed E-state index contributed by atoms with van der Waals surface area (Å²) in [7, 11) is 0. The zero-order chi connectivity index (χ0) is 37.7.